The Labute approximate surface area is 180 Å². The second kappa shape index (κ2) is 9.43. The molecular weight excluding hydrogens is 489 g/mol. The number of rotatable bonds is 6. The summed E-state index contributed by atoms with van der Waals surface area (Å²) in [6.07, 6.45) is 1.29. The number of hydrogen-bond donors (Lipinski definition) is 2. The number of carbonyl (C=O) groups is 2. The highest BCUT2D eigenvalue weighted by molar-refractivity contribution is 14.1. The highest BCUT2D eigenvalue weighted by Crippen LogP contribution is 2.27. The third kappa shape index (κ3) is 6.80. The van der Waals surface area contributed by atoms with Gasteiger partial charge in [-0.3, -0.25) is 9.59 Å². The van der Waals surface area contributed by atoms with Crippen molar-refractivity contribution in [1.82, 2.24) is 10.6 Å². The molecule has 1 saturated heterocycles. The van der Waals surface area contributed by atoms with Gasteiger partial charge in [-0.1, -0.05) is 25.7 Å². The molecule has 0 radical (unpaired) electrons. The number of halogens is 1. The zero-order chi connectivity index (χ0) is 20.1. The first-order chi connectivity index (χ1) is 12.6. The molecule has 1 heterocycles. The molecule has 1 unspecified atom stereocenters. The standard InChI is InChI=1S/C19H26IN3O2SSi/c1-27(2,3)12-16(22-17(24)14-5-4-6-15(20)11-14)18(25)23-19(13-21)7-9-26-10-8-19/h4-6,11,16H,7-10,12H2,1-3H3,(H,22,24)(H,23,25). The van der Waals surface area contributed by atoms with Gasteiger partial charge in [-0.2, -0.15) is 17.0 Å². The molecule has 1 aromatic carbocycles. The molecule has 8 heteroatoms. The molecule has 1 aromatic rings. The van der Waals surface area contributed by atoms with Gasteiger partial charge in [0.1, 0.15) is 11.6 Å². The van der Waals surface area contributed by atoms with Gasteiger partial charge >= 0.3 is 0 Å². The van der Waals surface area contributed by atoms with E-state index in [9.17, 15) is 14.9 Å². The molecule has 2 N–H and O–H groups in total. The Morgan fingerprint density at radius 3 is 2.56 bits per heavy atom. The van der Waals surface area contributed by atoms with E-state index >= 15 is 0 Å². The van der Waals surface area contributed by atoms with E-state index in [-0.39, 0.29) is 11.8 Å². The summed E-state index contributed by atoms with van der Waals surface area (Å²) >= 11 is 3.96. The molecule has 1 atom stereocenters. The molecule has 27 heavy (non-hydrogen) atoms. The van der Waals surface area contributed by atoms with Crippen LogP contribution in [0.25, 0.3) is 0 Å². The fourth-order valence-corrected chi connectivity index (χ4v) is 6.25. The molecule has 146 valence electrons. The predicted molar refractivity (Wildman–Crippen MR) is 122 cm³/mol. The van der Waals surface area contributed by atoms with Gasteiger partial charge in [-0.25, -0.2) is 0 Å². The second-order valence-corrected chi connectivity index (χ2v) is 16.1. The molecule has 1 aliphatic heterocycles. The van der Waals surface area contributed by atoms with Gasteiger partial charge in [0.2, 0.25) is 5.91 Å². The molecule has 0 spiro atoms. The van der Waals surface area contributed by atoms with Crippen LogP contribution >= 0.6 is 34.4 Å². The molecule has 2 amide bonds. The van der Waals surface area contributed by atoms with Crippen molar-refractivity contribution in [3.05, 3.63) is 33.4 Å². The van der Waals surface area contributed by atoms with Gasteiger partial charge in [-0.05, 0) is 71.2 Å². The van der Waals surface area contributed by atoms with Crippen LogP contribution in [0.15, 0.2) is 24.3 Å². The smallest absolute Gasteiger partial charge is 0.251 e. The molecule has 0 bridgehead atoms. The molecule has 0 aromatic heterocycles. The van der Waals surface area contributed by atoms with Crippen molar-refractivity contribution in [3.63, 3.8) is 0 Å². The Kier molecular flexibility index (Phi) is 7.77. The van der Waals surface area contributed by atoms with Gasteiger partial charge in [0.15, 0.2) is 0 Å². The largest absolute Gasteiger partial charge is 0.341 e. The van der Waals surface area contributed by atoms with Gasteiger partial charge < -0.3 is 10.6 Å². The summed E-state index contributed by atoms with van der Waals surface area (Å²) in [5, 5.41) is 15.5. The first-order valence-corrected chi connectivity index (χ1v) is 15.0. The zero-order valence-corrected chi connectivity index (χ0v) is 19.9. The Bertz CT molecular complexity index is 739. The third-order valence-corrected chi connectivity index (χ3v) is 7.74. The van der Waals surface area contributed by atoms with Crippen LogP contribution in [0.5, 0.6) is 0 Å². The lowest BCUT2D eigenvalue weighted by Crippen LogP contribution is -2.57. The van der Waals surface area contributed by atoms with Crippen molar-refractivity contribution < 1.29 is 9.59 Å². The van der Waals surface area contributed by atoms with Crippen LogP contribution in [0, 0.1) is 14.9 Å². The summed E-state index contributed by atoms with van der Waals surface area (Å²) < 4.78 is 0.967. The fraction of sp³-hybridized carbons (Fsp3) is 0.526. The number of thioether (sulfide) groups is 1. The second-order valence-electron chi connectivity index (χ2n) is 8.10. The predicted octanol–water partition coefficient (Wildman–Crippen LogP) is 3.63. The van der Waals surface area contributed by atoms with Crippen LogP contribution < -0.4 is 10.6 Å². The minimum atomic E-state index is -1.63. The Hall–Kier alpha value is -1.05. The van der Waals surface area contributed by atoms with E-state index in [1.165, 1.54) is 0 Å². The van der Waals surface area contributed by atoms with Crippen molar-refractivity contribution in [3.8, 4) is 6.07 Å². The Morgan fingerprint density at radius 2 is 2.00 bits per heavy atom. The number of nitrogens with one attached hydrogen (secondary N) is 2. The lowest BCUT2D eigenvalue weighted by atomic mass is 9.93. The lowest BCUT2D eigenvalue weighted by molar-refractivity contribution is -0.124. The van der Waals surface area contributed by atoms with Crippen molar-refractivity contribution in [2.75, 3.05) is 11.5 Å². The molecule has 0 saturated carbocycles. The van der Waals surface area contributed by atoms with E-state index in [4.69, 9.17) is 0 Å². The summed E-state index contributed by atoms with van der Waals surface area (Å²) in [5.74, 6) is 1.23. The topological polar surface area (TPSA) is 82.0 Å². The van der Waals surface area contributed by atoms with Crippen molar-refractivity contribution in [2.45, 2.75) is 50.1 Å². The van der Waals surface area contributed by atoms with Gasteiger partial charge in [0.25, 0.3) is 5.91 Å². The molecular formula is C19H26IN3O2SSi. The number of nitrogens with zero attached hydrogens (tertiary/aromatic N) is 1. The quantitative estimate of drug-likeness (QED) is 0.448. The zero-order valence-electron chi connectivity index (χ0n) is 16.0. The summed E-state index contributed by atoms with van der Waals surface area (Å²) in [7, 11) is -1.63. The number of carbonyl (C=O) groups excluding carboxylic acids is 2. The van der Waals surface area contributed by atoms with E-state index in [2.05, 4.69) is 58.9 Å². The van der Waals surface area contributed by atoms with E-state index in [0.717, 1.165) is 15.1 Å². The van der Waals surface area contributed by atoms with Crippen LogP contribution in [-0.2, 0) is 4.79 Å². The van der Waals surface area contributed by atoms with Crippen molar-refractivity contribution >= 4 is 54.2 Å². The van der Waals surface area contributed by atoms with Crippen molar-refractivity contribution in [1.29, 1.82) is 5.26 Å². The first-order valence-electron chi connectivity index (χ1n) is 9.02. The van der Waals surface area contributed by atoms with Crippen LogP contribution in [-0.4, -0.2) is 43.0 Å². The van der Waals surface area contributed by atoms with Gasteiger partial charge in [0.05, 0.1) is 6.07 Å². The van der Waals surface area contributed by atoms with E-state index in [1.54, 1.807) is 23.9 Å². The molecule has 1 fully saturated rings. The van der Waals surface area contributed by atoms with E-state index in [0.29, 0.717) is 24.4 Å². The van der Waals surface area contributed by atoms with Crippen LogP contribution in [0.3, 0.4) is 0 Å². The maximum Gasteiger partial charge on any atom is 0.251 e. The summed E-state index contributed by atoms with van der Waals surface area (Å²) in [4.78, 5) is 25.7. The maximum atomic E-state index is 13.0. The average molecular weight is 515 g/mol. The Balaban J connectivity index is 2.16. The van der Waals surface area contributed by atoms with Crippen LogP contribution in [0.4, 0.5) is 0 Å². The lowest BCUT2D eigenvalue weighted by Gasteiger charge is -2.34. The summed E-state index contributed by atoms with van der Waals surface area (Å²) in [6.45, 7) is 6.51. The highest BCUT2D eigenvalue weighted by atomic mass is 127. The Morgan fingerprint density at radius 1 is 1.33 bits per heavy atom. The maximum absolute atomic E-state index is 13.0. The minimum Gasteiger partial charge on any atom is -0.341 e. The SMILES string of the molecule is C[Si](C)(C)CC(NC(=O)c1cccc(I)c1)C(=O)NC1(C#N)CCSCC1. The minimum absolute atomic E-state index is 0.246. The van der Waals surface area contributed by atoms with Gasteiger partial charge in [-0.15, -0.1) is 0 Å². The highest BCUT2D eigenvalue weighted by Gasteiger charge is 2.37. The number of benzene rings is 1. The summed E-state index contributed by atoms with van der Waals surface area (Å²) in [5.41, 5.74) is -0.272. The van der Waals surface area contributed by atoms with Crippen LogP contribution in [0.2, 0.25) is 25.7 Å². The average Bonchev–Trinajstić information content (AvgIpc) is 2.60. The first kappa shape index (κ1) is 22.2. The number of amides is 2. The van der Waals surface area contributed by atoms with Crippen molar-refractivity contribution in [2.24, 2.45) is 0 Å². The number of nitriles is 1. The molecule has 2 rings (SSSR count). The normalized spacial score (nSPS) is 17.4. The molecule has 1 aliphatic rings. The number of hydrogen-bond acceptors (Lipinski definition) is 4. The summed E-state index contributed by atoms with van der Waals surface area (Å²) in [6, 6.07) is 9.61. The third-order valence-electron chi connectivity index (χ3n) is 4.45. The van der Waals surface area contributed by atoms with E-state index < -0.39 is 19.7 Å². The van der Waals surface area contributed by atoms with Gasteiger partial charge in [0, 0.05) is 17.2 Å². The molecule has 5 nitrogen and oxygen atoms in total. The molecule has 0 aliphatic carbocycles. The fourth-order valence-electron chi connectivity index (χ4n) is 3.00. The van der Waals surface area contributed by atoms with Crippen LogP contribution in [0.1, 0.15) is 23.2 Å². The monoisotopic (exact) mass is 515 g/mol. The van der Waals surface area contributed by atoms with E-state index in [1.807, 2.05) is 12.1 Å².